The summed E-state index contributed by atoms with van der Waals surface area (Å²) in [6.07, 6.45) is 3.55. The second-order valence-electron chi connectivity index (χ2n) is 6.76. The van der Waals surface area contributed by atoms with Gasteiger partial charge in [-0.3, -0.25) is 0 Å². The average molecular weight is 316 g/mol. The van der Waals surface area contributed by atoms with Crippen LogP contribution in [0.2, 0.25) is 0 Å². The molecule has 0 atom stereocenters. The Bertz CT molecular complexity index is 582. The average Bonchev–Trinajstić information content (AvgIpc) is 2.83. The molecule has 0 aromatic carbocycles. The van der Waals surface area contributed by atoms with E-state index in [1.54, 1.807) is 6.07 Å². The maximum Gasteiger partial charge on any atom is 0.271 e. The van der Waals surface area contributed by atoms with Gasteiger partial charge in [0.15, 0.2) is 0 Å². The van der Waals surface area contributed by atoms with Crippen molar-refractivity contribution < 1.29 is 17.9 Å². The Kier molecular flexibility index (Phi) is 4.49. The number of rotatable bonds is 5. The minimum Gasteiger partial charge on any atom is -0.447 e. The molecule has 0 bridgehead atoms. The minimum absolute atomic E-state index is 0.238. The molecule has 1 aromatic heterocycles. The third-order valence-corrected chi connectivity index (χ3v) is 4.99. The zero-order chi connectivity index (χ0) is 15.7. The van der Waals surface area contributed by atoms with Gasteiger partial charge in [0.2, 0.25) is 5.09 Å². The highest BCUT2D eigenvalue weighted by Gasteiger charge is 2.36. The molecule has 1 aliphatic carbocycles. The lowest BCUT2D eigenvalue weighted by Crippen LogP contribution is -2.44. The van der Waals surface area contributed by atoms with Gasteiger partial charge in [-0.2, -0.15) is 0 Å². The van der Waals surface area contributed by atoms with E-state index in [1.807, 2.05) is 0 Å². The van der Waals surface area contributed by atoms with Crippen LogP contribution in [-0.2, 0) is 16.6 Å². The Hall–Kier alpha value is -0.890. The highest BCUT2D eigenvalue weighted by atomic mass is 32.2. The number of nitrogens with two attached hydrogens (primary N) is 1. The molecule has 1 fully saturated rings. The predicted molar refractivity (Wildman–Crippen MR) is 79.0 cm³/mol. The van der Waals surface area contributed by atoms with Crippen molar-refractivity contribution in [1.29, 1.82) is 0 Å². The molecule has 120 valence electrons. The van der Waals surface area contributed by atoms with E-state index >= 15 is 0 Å². The maximum absolute atomic E-state index is 11.1. The monoisotopic (exact) mass is 316 g/mol. The maximum atomic E-state index is 11.1. The third-order valence-electron chi connectivity index (χ3n) is 4.20. The fourth-order valence-corrected chi connectivity index (χ4v) is 3.07. The molecule has 6 nitrogen and oxygen atoms in total. The lowest BCUT2D eigenvalue weighted by Gasteiger charge is -2.40. The van der Waals surface area contributed by atoms with Crippen molar-refractivity contribution >= 4 is 10.0 Å². The van der Waals surface area contributed by atoms with Gasteiger partial charge in [-0.1, -0.05) is 13.8 Å². The molecule has 2 rings (SSSR count). The summed E-state index contributed by atoms with van der Waals surface area (Å²) < 4.78 is 27.4. The minimum atomic E-state index is -3.80. The molecule has 4 N–H and O–H groups in total. The second kappa shape index (κ2) is 5.72. The number of nitrogens with one attached hydrogen (secondary N) is 1. The summed E-state index contributed by atoms with van der Waals surface area (Å²) in [6, 6.07) is 2.91. The van der Waals surface area contributed by atoms with Crippen molar-refractivity contribution in [3.63, 3.8) is 0 Å². The van der Waals surface area contributed by atoms with E-state index in [0.717, 1.165) is 25.7 Å². The summed E-state index contributed by atoms with van der Waals surface area (Å²) in [5.74, 6) is 0.485. The summed E-state index contributed by atoms with van der Waals surface area (Å²) in [5, 5.41) is 18.4. The fourth-order valence-electron chi connectivity index (χ4n) is 2.59. The van der Waals surface area contributed by atoms with Gasteiger partial charge >= 0.3 is 0 Å². The number of furan rings is 1. The Labute approximate surface area is 125 Å². The van der Waals surface area contributed by atoms with Crippen LogP contribution in [0.1, 0.15) is 45.3 Å². The molecule has 1 heterocycles. The quantitative estimate of drug-likeness (QED) is 0.760. The summed E-state index contributed by atoms with van der Waals surface area (Å²) in [7, 11) is -3.80. The van der Waals surface area contributed by atoms with Gasteiger partial charge in [-0.05, 0) is 43.2 Å². The number of hydrogen-bond donors (Lipinski definition) is 3. The largest absolute Gasteiger partial charge is 0.447 e. The number of primary sulfonamides is 1. The van der Waals surface area contributed by atoms with Crippen molar-refractivity contribution in [3.05, 3.63) is 17.9 Å². The van der Waals surface area contributed by atoms with Crippen LogP contribution in [0, 0.1) is 5.41 Å². The van der Waals surface area contributed by atoms with Crippen molar-refractivity contribution in [3.8, 4) is 0 Å². The first-order chi connectivity index (χ1) is 9.60. The molecule has 21 heavy (non-hydrogen) atoms. The lowest BCUT2D eigenvalue weighted by atomic mass is 9.71. The van der Waals surface area contributed by atoms with Crippen LogP contribution in [0.25, 0.3) is 0 Å². The molecule has 0 saturated heterocycles. The van der Waals surface area contributed by atoms with Gasteiger partial charge in [0, 0.05) is 6.54 Å². The normalized spacial score (nSPS) is 21.3. The summed E-state index contributed by atoms with van der Waals surface area (Å²) >= 11 is 0. The Morgan fingerprint density at radius 2 is 1.90 bits per heavy atom. The topological polar surface area (TPSA) is 106 Å². The van der Waals surface area contributed by atoms with Gasteiger partial charge in [0.05, 0.1) is 12.1 Å². The van der Waals surface area contributed by atoms with Crippen LogP contribution < -0.4 is 10.5 Å². The Morgan fingerprint density at radius 1 is 1.29 bits per heavy atom. The van der Waals surface area contributed by atoms with E-state index in [9.17, 15) is 13.5 Å². The van der Waals surface area contributed by atoms with Crippen LogP contribution in [0.5, 0.6) is 0 Å². The van der Waals surface area contributed by atoms with Crippen LogP contribution in [-0.4, -0.2) is 25.7 Å². The van der Waals surface area contributed by atoms with Crippen molar-refractivity contribution in [2.24, 2.45) is 10.6 Å². The van der Waals surface area contributed by atoms with Crippen molar-refractivity contribution in [1.82, 2.24) is 5.32 Å². The SMILES string of the molecule is CC1(C)CCC(O)(CNCc2ccc(S(N)(=O)=O)o2)CC1. The highest BCUT2D eigenvalue weighted by Crippen LogP contribution is 2.39. The number of hydrogen-bond acceptors (Lipinski definition) is 5. The predicted octanol–water partition coefficient (Wildman–Crippen LogP) is 1.35. The summed E-state index contributed by atoms with van der Waals surface area (Å²) in [4.78, 5) is 0. The molecule has 0 amide bonds. The molecule has 7 heteroatoms. The molecule has 1 aliphatic rings. The third kappa shape index (κ3) is 4.54. The zero-order valence-corrected chi connectivity index (χ0v) is 13.4. The van der Waals surface area contributed by atoms with Gasteiger partial charge < -0.3 is 14.8 Å². The molecule has 1 saturated carbocycles. The van der Waals surface area contributed by atoms with E-state index in [4.69, 9.17) is 9.56 Å². The summed E-state index contributed by atoms with van der Waals surface area (Å²) in [6.45, 7) is 5.27. The molecule has 0 spiro atoms. The molecule has 0 aliphatic heterocycles. The first kappa shape index (κ1) is 16.5. The molecule has 1 aromatic rings. The fraction of sp³-hybridized carbons (Fsp3) is 0.714. The molecular formula is C14H24N2O4S. The van der Waals surface area contributed by atoms with Gasteiger partial charge in [0.25, 0.3) is 10.0 Å². The molecule has 0 radical (unpaired) electrons. The Morgan fingerprint density at radius 3 is 2.43 bits per heavy atom. The van der Waals surface area contributed by atoms with Gasteiger partial charge in [-0.15, -0.1) is 0 Å². The van der Waals surface area contributed by atoms with E-state index in [-0.39, 0.29) is 5.09 Å². The van der Waals surface area contributed by atoms with Gasteiger partial charge in [0.1, 0.15) is 5.76 Å². The summed E-state index contributed by atoms with van der Waals surface area (Å²) in [5.41, 5.74) is -0.386. The number of sulfonamides is 1. The van der Waals surface area contributed by atoms with Crippen molar-refractivity contribution in [2.45, 2.75) is 56.8 Å². The first-order valence-electron chi connectivity index (χ1n) is 7.14. The van der Waals surface area contributed by atoms with E-state index in [2.05, 4.69) is 19.2 Å². The van der Waals surface area contributed by atoms with Crippen LogP contribution >= 0.6 is 0 Å². The van der Waals surface area contributed by atoms with Crippen LogP contribution in [0.3, 0.4) is 0 Å². The molecular weight excluding hydrogens is 292 g/mol. The smallest absolute Gasteiger partial charge is 0.271 e. The first-order valence-corrected chi connectivity index (χ1v) is 8.69. The van der Waals surface area contributed by atoms with Crippen molar-refractivity contribution in [2.75, 3.05) is 6.54 Å². The number of aliphatic hydroxyl groups is 1. The van der Waals surface area contributed by atoms with E-state index in [0.29, 0.717) is 24.3 Å². The molecule has 0 unspecified atom stereocenters. The Balaban J connectivity index is 1.83. The highest BCUT2D eigenvalue weighted by molar-refractivity contribution is 7.89. The van der Waals surface area contributed by atoms with E-state index in [1.165, 1.54) is 6.07 Å². The van der Waals surface area contributed by atoms with E-state index < -0.39 is 15.6 Å². The zero-order valence-electron chi connectivity index (χ0n) is 12.6. The second-order valence-corrected chi connectivity index (χ2v) is 8.25. The standard InChI is InChI=1S/C14H24N2O4S/c1-13(2)5-7-14(17,8-6-13)10-16-9-11-3-4-12(20-11)21(15,18)19/h3-4,16-17H,5-10H2,1-2H3,(H2,15,18,19). The lowest BCUT2D eigenvalue weighted by molar-refractivity contribution is -0.0247. The van der Waals surface area contributed by atoms with Crippen LogP contribution in [0.15, 0.2) is 21.6 Å². The van der Waals surface area contributed by atoms with Gasteiger partial charge in [-0.25, -0.2) is 13.6 Å². The van der Waals surface area contributed by atoms with Crippen LogP contribution in [0.4, 0.5) is 0 Å².